The molecule has 108 valence electrons. The van der Waals surface area contributed by atoms with Crippen molar-refractivity contribution in [2.45, 2.75) is 19.9 Å². The van der Waals surface area contributed by atoms with Crippen molar-refractivity contribution in [2.24, 2.45) is 0 Å². The SMILES string of the molecule is CCNC(=O)C1CNCCN1C(=O)c1ccc(C)cc1. The van der Waals surface area contributed by atoms with Gasteiger partial charge in [0.2, 0.25) is 5.91 Å². The van der Waals surface area contributed by atoms with Gasteiger partial charge >= 0.3 is 0 Å². The van der Waals surface area contributed by atoms with Crippen molar-refractivity contribution >= 4 is 11.8 Å². The number of nitrogens with zero attached hydrogens (tertiary/aromatic N) is 1. The molecule has 1 saturated heterocycles. The van der Waals surface area contributed by atoms with E-state index in [0.29, 0.717) is 31.7 Å². The van der Waals surface area contributed by atoms with E-state index in [1.807, 2.05) is 38.1 Å². The molecular weight excluding hydrogens is 254 g/mol. The zero-order valence-electron chi connectivity index (χ0n) is 12.0. The topological polar surface area (TPSA) is 61.4 Å². The van der Waals surface area contributed by atoms with Gasteiger partial charge in [0.25, 0.3) is 5.91 Å². The Kier molecular flexibility index (Phi) is 4.74. The summed E-state index contributed by atoms with van der Waals surface area (Å²) in [6.45, 7) is 6.20. The van der Waals surface area contributed by atoms with Gasteiger partial charge in [-0.05, 0) is 26.0 Å². The van der Waals surface area contributed by atoms with Gasteiger partial charge in [0.1, 0.15) is 6.04 Å². The van der Waals surface area contributed by atoms with Gasteiger partial charge in [-0.15, -0.1) is 0 Å². The number of hydrogen-bond donors (Lipinski definition) is 2. The highest BCUT2D eigenvalue weighted by atomic mass is 16.2. The summed E-state index contributed by atoms with van der Waals surface area (Å²) in [5.41, 5.74) is 1.74. The van der Waals surface area contributed by atoms with Crippen molar-refractivity contribution in [1.29, 1.82) is 0 Å². The van der Waals surface area contributed by atoms with Crippen molar-refractivity contribution in [3.63, 3.8) is 0 Å². The fourth-order valence-electron chi connectivity index (χ4n) is 2.34. The Morgan fingerprint density at radius 2 is 2.05 bits per heavy atom. The molecule has 1 unspecified atom stereocenters. The molecule has 5 nitrogen and oxygen atoms in total. The van der Waals surface area contributed by atoms with E-state index in [1.54, 1.807) is 4.90 Å². The fourth-order valence-corrected chi connectivity index (χ4v) is 2.34. The molecule has 5 heteroatoms. The molecule has 0 aliphatic carbocycles. The predicted molar refractivity (Wildman–Crippen MR) is 77.6 cm³/mol. The molecule has 1 fully saturated rings. The van der Waals surface area contributed by atoms with Crippen LogP contribution in [-0.2, 0) is 4.79 Å². The lowest BCUT2D eigenvalue weighted by atomic mass is 10.1. The number of piperazine rings is 1. The van der Waals surface area contributed by atoms with E-state index < -0.39 is 6.04 Å². The average Bonchev–Trinajstić information content (AvgIpc) is 2.47. The summed E-state index contributed by atoms with van der Waals surface area (Å²) in [4.78, 5) is 26.3. The maximum absolute atomic E-state index is 12.5. The fraction of sp³-hybridized carbons (Fsp3) is 0.467. The smallest absolute Gasteiger partial charge is 0.254 e. The minimum Gasteiger partial charge on any atom is -0.355 e. The second-order valence-electron chi connectivity index (χ2n) is 4.98. The number of benzene rings is 1. The zero-order chi connectivity index (χ0) is 14.5. The van der Waals surface area contributed by atoms with Crippen molar-refractivity contribution in [1.82, 2.24) is 15.5 Å². The van der Waals surface area contributed by atoms with E-state index in [1.165, 1.54) is 0 Å². The van der Waals surface area contributed by atoms with E-state index in [9.17, 15) is 9.59 Å². The minimum absolute atomic E-state index is 0.0808. The largest absolute Gasteiger partial charge is 0.355 e. The summed E-state index contributed by atoms with van der Waals surface area (Å²) in [6, 6.07) is 7.02. The first-order chi connectivity index (χ1) is 9.63. The molecule has 2 N–H and O–H groups in total. The summed E-state index contributed by atoms with van der Waals surface area (Å²) >= 11 is 0. The third-order valence-corrected chi connectivity index (χ3v) is 3.46. The van der Waals surface area contributed by atoms with E-state index in [4.69, 9.17) is 0 Å². The van der Waals surface area contributed by atoms with Crippen molar-refractivity contribution in [3.8, 4) is 0 Å². The number of carbonyl (C=O) groups is 2. The van der Waals surface area contributed by atoms with E-state index >= 15 is 0 Å². The van der Waals surface area contributed by atoms with Crippen LogP contribution in [0.5, 0.6) is 0 Å². The monoisotopic (exact) mass is 275 g/mol. The third kappa shape index (κ3) is 3.17. The molecule has 1 atom stereocenters. The molecular formula is C15H21N3O2. The summed E-state index contributed by atoms with van der Waals surface area (Å²) in [5.74, 6) is -0.178. The first-order valence-electron chi connectivity index (χ1n) is 6.99. The lowest BCUT2D eigenvalue weighted by Crippen LogP contribution is -2.59. The Morgan fingerprint density at radius 3 is 2.70 bits per heavy atom. The molecule has 1 aliphatic rings. The first kappa shape index (κ1) is 14.5. The van der Waals surface area contributed by atoms with E-state index in [0.717, 1.165) is 5.56 Å². The van der Waals surface area contributed by atoms with Crippen LogP contribution in [0.4, 0.5) is 0 Å². The number of aryl methyl sites for hydroxylation is 1. The van der Waals surface area contributed by atoms with Gasteiger partial charge in [-0.1, -0.05) is 17.7 Å². The first-order valence-corrected chi connectivity index (χ1v) is 6.99. The van der Waals surface area contributed by atoms with Crippen LogP contribution in [0.25, 0.3) is 0 Å². The predicted octanol–water partition coefficient (Wildman–Crippen LogP) is 0.545. The van der Waals surface area contributed by atoms with Gasteiger partial charge in [-0.25, -0.2) is 0 Å². The maximum atomic E-state index is 12.5. The second kappa shape index (κ2) is 6.52. The van der Waals surface area contributed by atoms with Crippen LogP contribution in [0.2, 0.25) is 0 Å². The van der Waals surface area contributed by atoms with Crippen molar-refractivity contribution in [2.75, 3.05) is 26.2 Å². The van der Waals surface area contributed by atoms with Crippen molar-refractivity contribution in [3.05, 3.63) is 35.4 Å². The highest BCUT2D eigenvalue weighted by Crippen LogP contribution is 2.12. The molecule has 1 aliphatic heterocycles. The Morgan fingerprint density at radius 1 is 1.35 bits per heavy atom. The van der Waals surface area contributed by atoms with Gasteiger partial charge in [-0.3, -0.25) is 9.59 Å². The summed E-state index contributed by atoms with van der Waals surface area (Å²) in [7, 11) is 0. The number of amides is 2. The Bertz CT molecular complexity index is 484. The van der Waals surface area contributed by atoms with Crippen LogP contribution < -0.4 is 10.6 Å². The minimum atomic E-state index is -0.433. The molecule has 0 radical (unpaired) electrons. The molecule has 1 aromatic carbocycles. The molecule has 0 saturated carbocycles. The molecule has 0 aromatic heterocycles. The van der Waals surface area contributed by atoms with Gasteiger partial charge in [-0.2, -0.15) is 0 Å². The summed E-state index contributed by atoms with van der Waals surface area (Å²) in [5, 5.41) is 5.95. The molecule has 1 heterocycles. The molecule has 20 heavy (non-hydrogen) atoms. The lowest BCUT2D eigenvalue weighted by molar-refractivity contribution is -0.126. The molecule has 0 bridgehead atoms. The molecule has 2 rings (SSSR count). The van der Waals surface area contributed by atoms with Crippen molar-refractivity contribution < 1.29 is 9.59 Å². The van der Waals surface area contributed by atoms with Crippen LogP contribution >= 0.6 is 0 Å². The Hall–Kier alpha value is -1.88. The zero-order valence-corrected chi connectivity index (χ0v) is 12.0. The molecule has 2 amide bonds. The Balaban J connectivity index is 2.16. The van der Waals surface area contributed by atoms with Gasteiger partial charge in [0, 0.05) is 31.7 Å². The summed E-state index contributed by atoms with van der Waals surface area (Å²) in [6.07, 6.45) is 0. The number of hydrogen-bond acceptors (Lipinski definition) is 3. The number of carbonyl (C=O) groups excluding carboxylic acids is 2. The second-order valence-corrected chi connectivity index (χ2v) is 4.98. The Labute approximate surface area is 119 Å². The number of nitrogens with one attached hydrogen (secondary N) is 2. The highest BCUT2D eigenvalue weighted by molar-refractivity contribution is 5.97. The van der Waals surface area contributed by atoms with Crippen LogP contribution in [0.1, 0.15) is 22.8 Å². The standard InChI is InChI=1S/C15H21N3O2/c1-3-17-14(19)13-10-16-8-9-18(13)15(20)12-6-4-11(2)5-7-12/h4-7,13,16H,3,8-10H2,1-2H3,(H,17,19). The van der Waals surface area contributed by atoms with E-state index in [2.05, 4.69) is 10.6 Å². The third-order valence-electron chi connectivity index (χ3n) is 3.46. The van der Waals surface area contributed by atoms with Gasteiger partial charge in [0.15, 0.2) is 0 Å². The van der Waals surface area contributed by atoms with Crippen LogP contribution in [0, 0.1) is 6.92 Å². The quantitative estimate of drug-likeness (QED) is 0.846. The highest BCUT2D eigenvalue weighted by Gasteiger charge is 2.32. The average molecular weight is 275 g/mol. The van der Waals surface area contributed by atoms with E-state index in [-0.39, 0.29) is 11.8 Å². The number of rotatable bonds is 3. The summed E-state index contributed by atoms with van der Waals surface area (Å²) < 4.78 is 0. The number of likely N-dealkylation sites (N-methyl/N-ethyl adjacent to an activating group) is 1. The molecule has 0 spiro atoms. The van der Waals surface area contributed by atoms with Gasteiger partial charge < -0.3 is 15.5 Å². The maximum Gasteiger partial charge on any atom is 0.254 e. The van der Waals surface area contributed by atoms with Crippen LogP contribution in [-0.4, -0.2) is 48.9 Å². The molecule has 1 aromatic rings. The van der Waals surface area contributed by atoms with Crippen LogP contribution in [0.15, 0.2) is 24.3 Å². The normalized spacial score (nSPS) is 18.7. The lowest BCUT2D eigenvalue weighted by Gasteiger charge is -2.35. The van der Waals surface area contributed by atoms with Gasteiger partial charge in [0.05, 0.1) is 0 Å². The van der Waals surface area contributed by atoms with Crippen LogP contribution in [0.3, 0.4) is 0 Å².